The van der Waals surface area contributed by atoms with Crippen LogP contribution in [0.15, 0.2) is 59.5 Å². The van der Waals surface area contributed by atoms with E-state index in [9.17, 15) is 9.59 Å². The maximum Gasteiger partial charge on any atom is 0.243 e. The lowest BCUT2D eigenvalue weighted by Gasteiger charge is -2.33. The van der Waals surface area contributed by atoms with Gasteiger partial charge in [0, 0.05) is 34.2 Å². The predicted octanol–water partition coefficient (Wildman–Crippen LogP) is 5.59. The van der Waals surface area contributed by atoms with E-state index >= 15 is 0 Å². The molecule has 4 nitrogen and oxygen atoms in total. The van der Waals surface area contributed by atoms with Gasteiger partial charge in [-0.15, -0.1) is 11.8 Å². The third-order valence-corrected chi connectivity index (χ3v) is 6.03. The first-order chi connectivity index (χ1) is 14.7. The third-order valence-electron chi connectivity index (χ3n) is 4.77. The highest BCUT2D eigenvalue weighted by molar-refractivity contribution is 7.99. The highest BCUT2D eigenvalue weighted by Crippen LogP contribution is 2.22. The number of thioether (sulfide) groups is 1. The average molecular weight is 461 g/mol. The first kappa shape index (κ1) is 25.3. The van der Waals surface area contributed by atoms with Crippen molar-refractivity contribution in [2.24, 2.45) is 0 Å². The van der Waals surface area contributed by atoms with Gasteiger partial charge in [-0.05, 0) is 63.4 Å². The molecule has 6 heteroatoms. The molecule has 0 saturated heterocycles. The largest absolute Gasteiger partial charge is 0.350 e. The molecular weight excluding hydrogens is 428 g/mol. The van der Waals surface area contributed by atoms with Gasteiger partial charge >= 0.3 is 0 Å². The molecular formula is C25H33ClN2O2S. The molecule has 0 aliphatic rings. The Morgan fingerprint density at radius 3 is 2.29 bits per heavy atom. The van der Waals surface area contributed by atoms with E-state index in [0.717, 1.165) is 16.9 Å². The topological polar surface area (TPSA) is 49.4 Å². The number of benzene rings is 2. The van der Waals surface area contributed by atoms with Gasteiger partial charge in [0.15, 0.2) is 0 Å². The highest BCUT2D eigenvalue weighted by Gasteiger charge is 2.30. The number of carbonyl (C=O) groups excluding carboxylic acids is 2. The zero-order valence-corrected chi connectivity index (χ0v) is 20.4. The molecule has 2 rings (SSSR count). The smallest absolute Gasteiger partial charge is 0.243 e. The van der Waals surface area contributed by atoms with Crippen LogP contribution in [0.2, 0.25) is 5.02 Å². The lowest BCUT2D eigenvalue weighted by atomic mass is 10.1. The van der Waals surface area contributed by atoms with Crippen molar-refractivity contribution in [3.8, 4) is 0 Å². The second kappa shape index (κ2) is 12.2. The Bertz CT molecular complexity index is 835. The van der Waals surface area contributed by atoms with E-state index in [2.05, 4.69) is 17.4 Å². The summed E-state index contributed by atoms with van der Waals surface area (Å²) in [4.78, 5) is 29.0. The van der Waals surface area contributed by atoms with Crippen LogP contribution >= 0.6 is 23.4 Å². The Kier molecular flexibility index (Phi) is 9.92. The molecule has 0 unspecified atom stereocenters. The van der Waals surface area contributed by atoms with Gasteiger partial charge < -0.3 is 10.2 Å². The quantitative estimate of drug-likeness (QED) is 0.470. The van der Waals surface area contributed by atoms with Crippen LogP contribution in [0.25, 0.3) is 0 Å². The second-order valence-corrected chi connectivity index (χ2v) is 10.1. The van der Waals surface area contributed by atoms with Crippen molar-refractivity contribution in [3.05, 3.63) is 65.2 Å². The van der Waals surface area contributed by atoms with E-state index in [4.69, 9.17) is 11.6 Å². The molecule has 0 spiro atoms. The van der Waals surface area contributed by atoms with Gasteiger partial charge in [-0.1, -0.05) is 48.9 Å². The fourth-order valence-corrected chi connectivity index (χ4v) is 4.25. The number of amides is 2. The van der Waals surface area contributed by atoms with E-state index < -0.39 is 6.04 Å². The van der Waals surface area contributed by atoms with Crippen LogP contribution in [0, 0.1) is 0 Å². The molecule has 2 amide bonds. The first-order valence-corrected chi connectivity index (χ1v) is 12.1. The average Bonchev–Trinajstić information content (AvgIpc) is 2.71. The normalized spacial score (nSPS) is 12.3. The fraction of sp³-hybridized carbons (Fsp3) is 0.440. The van der Waals surface area contributed by atoms with Crippen LogP contribution in [0.1, 0.15) is 46.1 Å². The second-order valence-electron chi connectivity index (χ2n) is 8.54. The summed E-state index contributed by atoms with van der Waals surface area (Å²) in [6.45, 7) is 8.34. The molecule has 2 aromatic carbocycles. The van der Waals surface area contributed by atoms with Crippen molar-refractivity contribution in [3.63, 3.8) is 0 Å². The van der Waals surface area contributed by atoms with E-state index in [1.54, 1.807) is 16.7 Å². The van der Waals surface area contributed by atoms with Gasteiger partial charge in [0.1, 0.15) is 6.04 Å². The van der Waals surface area contributed by atoms with Crippen LogP contribution in [-0.4, -0.2) is 40.6 Å². The van der Waals surface area contributed by atoms with Gasteiger partial charge in [0.25, 0.3) is 0 Å². The zero-order valence-electron chi connectivity index (χ0n) is 18.9. The van der Waals surface area contributed by atoms with Crippen LogP contribution in [-0.2, 0) is 16.0 Å². The maximum absolute atomic E-state index is 13.2. The summed E-state index contributed by atoms with van der Waals surface area (Å²) in [5.74, 6) is 0.565. The molecule has 0 heterocycles. The van der Waals surface area contributed by atoms with Crippen LogP contribution in [0.3, 0.4) is 0 Å². The summed E-state index contributed by atoms with van der Waals surface area (Å²) in [6, 6.07) is 17.2. The monoisotopic (exact) mass is 460 g/mol. The van der Waals surface area contributed by atoms with Crippen molar-refractivity contribution >= 4 is 35.2 Å². The van der Waals surface area contributed by atoms with Gasteiger partial charge in [0.05, 0.1) is 0 Å². The molecule has 0 saturated carbocycles. The minimum Gasteiger partial charge on any atom is -0.350 e. The molecule has 0 aromatic heterocycles. The van der Waals surface area contributed by atoms with Gasteiger partial charge in [0.2, 0.25) is 11.8 Å². The molecule has 0 fully saturated rings. The number of carbonyl (C=O) groups is 2. The molecule has 0 bridgehead atoms. The Hall–Kier alpha value is -1.98. The minimum atomic E-state index is -0.476. The van der Waals surface area contributed by atoms with Crippen molar-refractivity contribution in [1.82, 2.24) is 10.2 Å². The van der Waals surface area contributed by atoms with Crippen LogP contribution in [0.4, 0.5) is 0 Å². The molecule has 0 radical (unpaired) electrons. The molecule has 0 aliphatic heterocycles. The predicted molar refractivity (Wildman–Crippen MR) is 131 cm³/mol. The van der Waals surface area contributed by atoms with E-state index in [1.807, 2.05) is 70.2 Å². The number of hydrogen-bond acceptors (Lipinski definition) is 3. The number of nitrogens with zero attached hydrogens (tertiary/aromatic N) is 1. The Morgan fingerprint density at radius 1 is 1.06 bits per heavy atom. The van der Waals surface area contributed by atoms with Gasteiger partial charge in [-0.2, -0.15) is 0 Å². The number of rotatable bonds is 10. The lowest BCUT2D eigenvalue weighted by molar-refractivity contribution is -0.141. The van der Waals surface area contributed by atoms with Crippen molar-refractivity contribution in [2.45, 2.75) is 63.4 Å². The summed E-state index contributed by atoms with van der Waals surface area (Å²) < 4.78 is 0. The molecule has 0 aliphatic carbocycles. The Balaban J connectivity index is 2.07. The highest BCUT2D eigenvalue weighted by atomic mass is 35.5. The summed E-state index contributed by atoms with van der Waals surface area (Å²) in [5, 5.41) is 3.74. The summed E-state index contributed by atoms with van der Waals surface area (Å²) in [7, 11) is 0. The van der Waals surface area contributed by atoms with Crippen LogP contribution in [0.5, 0.6) is 0 Å². The lowest BCUT2D eigenvalue weighted by Crippen LogP contribution is -2.54. The van der Waals surface area contributed by atoms with Gasteiger partial charge in [-0.3, -0.25) is 9.59 Å². The van der Waals surface area contributed by atoms with E-state index in [-0.39, 0.29) is 17.4 Å². The Labute approximate surface area is 195 Å². The molecule has 1 N–H and O–H groups in total. The summed E-state index contributed by atoms with van der Waals surface area (Å²) >= 11 is 7.56. The van der Waals surface area contributed by atoms with Crippen molar-refractivity contribution in [2.75, 3.05) is 12.3 Å². The van der Waals surface area contributed by atoms with Crippen molar-refractivity contribution < 1.29 is 9.59 Å². The van der Waals surface area contributed by atoms with Crippen LogP contribution < -0.4 is 5.32 Å². The number of nitrogens with one attached hydrogen (secondary N) is 1. The number of hydrogen-bond donors (Lipinski definition) is 1. The SMILES string of the molecule is CC[C@@H](C(=O)NC(C)(C)C)N(CCc1ccccc1)C(=O)CCSc1ccc(Cl)cc1. The van der Waals surface area contributed by atoms with Crippen molar-refractivity contribution in [1.29, 1.82) is 0 Å². The summed E-state index contributed by atoms with van der Waals surface area (Å²) in [5.41, 5.74) is 0.810. The zero-order chi connectivity index (χ0) is 22.9. The fourth-order valence-electron chi connectivity index (χ4n) is 3.28. The number of halogens is 1. The van der Waals surface area contributed by atoms with E-state index in [1.165, 1.54) is 0 Å². The standard InChI is InChI=1S/C25H33ClN2O2S/c1-5-22(24(30)27-25(2,3)4)28(17-15-19-9-7-6-8-10-19)23(29)16-18-31-21-13-11-20(26)12-14-21/h6-14,22H,5,15-18H2,1-4H3,(H,27,30)/t22-/m0/s1. The first-order valence-electron chi connectivity index (χ1n) is 10.7. The molecule has 1 atom stereocenters. The van der Waals surface area contributed by atoms with Gasteiger partial charge in [-0.25, -0.2) is 0 Å². The molecule has 31 heavy (non-hydrogen) atoms. The maximum atomic E-state index is 13.2. The molecule has 168 valence electrons. The summed E-state index contributed by atoms with van der Waals surface area (Å²) in [6.07, 6.45) is 1.67. The Morgan fingerprint density at radius 2 is 1.71 bits per heavy atom. The minimum absolute atomic E-state index is 0.00769. The van der Waals surface area contributed by atoms with E-state index in [0.29, 0.717) is 30.2 Å². The molecule has 2 aromatic rings. The third kappa shape index (κ3) is 8.96.